The highest BCUT2D eigenvalue weighted by molar-refractivity contribution is 5.32. The molecule has 0 atom stereocenters. The predicted octanol–water partition coefficient (Wildman–Crippen LogP) is 2.34. The molecule has 1 aromatic rings. The summed E-state index contributed by atoms with van der Waals surface area (Å²) in [5.74, 6) is 0.865. The second-order valence-corrected chi connectivity index (χ2v) is 3.63. The quantitative estimate of drug-likeness (QED) is 0.688. The fourth-order valence-corrected chi connectivity index (χ4v) is 1.37. The maximum Gasteiger partial charge on any atom is 0.123 e. The van der Waals surface area contributed by atoms with Gasteiger partial charge in [0.15, 0.2) is 0 Å². The Bertz CT molecular complexity index is 289. The minimum Gasteiger partial charge on any atom is -0.491 e. The van der Waals surface area contributed by atoms with E-state index in [1.54, 1.807) is 0 Å². The zero-order chi connectivity index (χ0) is 11.6. The molecule has 0 radical (unpaired) electrons. The monoisotopic (exact) mass is 223 g/mol. The Hall–Kier alpha value is -1.06. The van der Waals surface area contributed by atoms with Crippen molar-refractivity contribution < 1.29 is 9.47 Å². The van der Waals surface area contributed by atoms with E-state index in [1.165, 1.54) is 0 Å². The van der Waals surface area contributed by atoms with E-state index in [1.807, 2.05) is 24.3 Å². The van der Waals surface area contributed by atoms with Crippen molar-refractivity contribution in [2.24, 2.45) is 5.73 Å². The SMILES string of the molecule is CCCCOCCOc1ccccc1CN. The molecule has 0 saturated heterocycles. The molecule has 1 aromatic carbocycles. The average molecular weight is 223 g/mol. The molecule has 0 amide bonds. The normalized spacial score (nSPS) is 10.4. The van der Waals surface area contributed by atoms with Crippen molar-refractivity contribution in [2.75, 3.05) is 19.8 Å². The molecule has 0 aromatic heterocycles. The van der Waals surface area contributed by atoms with E-state index >= 15 is 0 Å². The smallest absolute Gasteiger partial charge is 0.123 e. The molecule has 0 unspecified atom stereocenters. The van der Waals surface area contributed by atoms with Crippen LogP contribution >= 0.6 is 0 Å². The van der Waals surface area contributed by atoms with Crippen molar-refractivity contribution in [3.63, 3.8) is 0 Å². The third-order valence-corrected chi connectivity index (χ3v) is 2.32. The van der Waals surface area contributed by atoms with Crippen molar-refractivity contribution >= 4 is 0 Å². The lowest BCUT2D eigenvalue weighted by Crippen LogP contribution is -2.09. The van der Waals surface area contributed by atoms with E-state index in [-0.39, 0.29) is 0 Å². The summed E-state index contributed by atoms with van der Waals surface area (Å²) < 4.78 is 11.0. The molecule has 0 spiro atoms. The minimum atomic E-state index is 0.507. The van der Waals surface area contributed by atoms with Crippen molar-refractivity contribution in [3.8, 4) is 5.75 Å². The molecule has 3 heteroatoms. The maximum absolute atomic E-state index is 5.61. The van der Waals surface area contributed by atoms with Gasteiger partial charge >= 0.3 is 0 Å². The van der Waals surface area contributed by atoms with Gasteiger partial charge in [0.2, 0.25) is 0 Å². The summed E-state index contributed by atoms with van der Waals surface area (Å²) in [4.78, 5) is 0. The number of unbranched alkanes of at least 4 members (excludes halogenated alkanes) is 1. The summed E-state index contributed by atoms with van der Waals surface area (Å²) in [7, 11) is 0. The van der Waals surface area contributed by atoms with Gasteiger partial charge in [-0.05, 0) is 12.5 Å². The summed E-state index contributed by atoms with van der Waals surface area (Å²) in [5.41, 5.74) is 6.65. The number of rotatable bonds is 8. The molecule has 0 bridgehead atoms. The topological polar surface area (TPSA) is 44.5 Å². The zero-order valence-corrected chi connectivity index (χ0v) is 9.95. The highest BCUT2D eigenvalue weighted by Crippen LogP contribution is 2.16. The molecule has 3 nitrogen and oxygen atoms in total. The van der Waals surface area contributed by atoms with Gasteiger partial charge in [0.25, 0.3) is 0 Å². The van der Waals surface area contributed by atoms with E-state index in [2.05, 4.69) is 6.92 Å². The molecule has 0 aliphatic carbocycles. The van der Waals surface area contributed by atoms with Crippen molar-refractivity contribution in [2.45, 2.75) is 26.3 Å². The van der Waals surface area contributed by atoms with Crippen LogP contribution < -0.4 is 10.5 Å². The Morgan fingerprint density at radius 1 is 1.12 bits per heavy atom. The predicted molar refractivity (Wildman–Crippen MR) is 65.6 cm³/mol. The van der Waals surface area contributed by atoms with Gasteiger partial charge in [-0.3, -0.25) is 0 Å². The van der Waals surface area contributed by atoms with Crippen molar-refractivity contribution in [3.05, 3.63) is 29.8 Å². The summed E-state index contributed by atoms with van der Waals surface area (Å²) >= 11 is 0. The fourth-order valence-electron chi connectivity index (χ4n) is 1.37. The zero-order valence-electron chi connectivity index (χ0n) is 9.95. The lowest BCUT2D eigenvalue weighted by atomic mass is 10.2. The van der Waals surface area contributed by atoms with Gasteiger partial charge in [0.05, 0.1) is 6.61 Å². The number of ether oxygens (including phenoxy) is 2. The lowest BCUT2D eigenvalue weighted by Gasteiger charge is -2.10. The van der Waals surface area contributed by atoms with Crippen LogP contribution in [0.25, 0.3) is 0 Å². The minimum absolute atomic E-state index is 0.507. The molecule has 1 rings (SSSR count). The van der Waals surface area contributed by atoms with E-state index < -0.39 is 0 Å². The first-order valence-electron chi connectivity index (χ1n) is 5.87. The van der Waals surface area contributed by atoms with Gasteiger partial charge in [0.1, 0.15) is 12.4 Å². The van der Waals surface area contributed by atoms with E-state index in [4.69, 9.17) is 15.2 Å². The van der Waals surface area contributed by atoms with E-state index in [0.717, 1.165) is 30.8 Å². The third kappa shape index (κ3) is 4.64. The summed E-state index contributed by atoms with van der Waals surface area (Å²) in [6, 6.07) is 7.83. The van der Waals surface area contributed by atoms with Crippen LogP contribution in [-0.4, -0.2) is 19.8 Å². The highest BCUT2D eigenvalue weighted by atomic mass is 16.5. The lowest BCUT2D eigenvalue weighted by molar-refractivity contribution is 0.0977. The van der Waals surface area contributed by atoms with Gasteiger partial charge in [0, 0.05) is 18.7 Å². The van der Waals surface area contributed by atoms with Crippen LogP contribution in [0, 0.1) is 0 Å². The van der Waals surface area contributed by atoms with Crippen LogP contribution in [0.3, 0.4) is 0 Å². The van der Waals surface area contributed by atoms with E-state index in [0.29, 0.717) is 19.8 Å². The standard InChI is InChI=1S/C13H21NO2/c1-2-3-8-15-9-10-16-13-7-5-4-6-12(13)11-14/h4-7H,2-3,8-11,14H2,1H3. The first-order chi connectivity index (χ1) is 7.88. The number of nitrogens with two attached hydrogens (primary N) is 1. The Kier molecular flexibility index (Phi) is 6.61. The molecule has 0 heterocycles. The van der Waals surface area contributed by atoms with Gasteiger partial charge in [-0.25, -0.2) is 0 Å². The Labute approximate surface area is 97.6 Å². The van der Waals surface area contributed by atoms with Gasteiger partial charge in [-0.1, -0.05) is 31.5 Å². The van der Waals surface area contributed by atoms with Crippen LogP contribution in [0.5, 0.6) is 5.75 Å². The van der Waals surface area contributed by atoms with Crippen LogP contribution in [-0.2, 0) is 11.3 Å². The summed E-state index contributed by atoms with van der Waals surface area (Å²) in [6.45, 7) is 4.70. The summed E-state index contributed by atoms with van der Waals surface area (Å²) in [6.07, 6.45) is 2.27. The molecule has 0 aliphatic rings. The number of benzene rings is 1. The Morgan fingerprint density at radius 3 is 2.69 bits per heavy atom. The van der Waals surface area contributed by atoms with Gasteiger partial charge in [-0.15, -0.1) is 0 Å². The number of hydrogen-bond donors (Lipinski definition) is 1. The van der Waals surface area contributed by atoms with Crippen molar-refractivity contribution in [1.29, 1.82) is 0 Å². The molecule has 0 fully saturated rings. The first kappa shape index (κ1) is 13.0. The molecule has 2 N–H and O–H groups in total. The Morgan fingerprint density at radius 2 is 1.94 bits per heavy atom. The fraction of sp³-hybridized carbons (Fsp3) is 0.538. The van der Waals surface area contributed by atoms with Crippen LogP contribution in [0.2, 0.25) is 0 Å². The Balaban J connectivity index is 2.21. The number of hydrogen-bond acceptors (Lipinski definition) is 3. The summed E-state index contributed by atoms with van der Waals surface area (Å²) in [5, 5.41) is 0. The van der Waals surface area contributed by atoms with Crippen LogP contribution in [0.15, 0.2) is 24.3 Å². The molecule has 0 saturated carbocycles. The first-order valence-corrected chi connectivity index (χ1v) is 5.87. The largest absolute Gasteiger partial charge is 0.491 e. The van der Waals surface area contributed by atoms with Gasteiger partial charge in [-0.2, -0.15) is 0 Å². The average Bonchev–Trinajstić information content (AvgIpc) is 2.34. The van der Waals surface area contributed by atoms with Crippen molar-refractivity contribution in [1.82, 2.24) is 0 Å². The second-order valence-electron chi connectivity index (χ2n) is 3.63. The third-order valence-electron chi connectivity index (χ3n) is 2.32. The highest BCUT2D eigenvalue weighted by Gasteiger charge is 1.99. The van der Waals surface area contributed by atoms with Crippen LogP contribution in [0.1, 0.15) is 25.3 Å². The second kappa shape index (κ2) is 8.13. The molecular formula is C13H21NO2. The maximum atomic E-state index is 5.61. The van der Waals surface area contributed by atoms with Crippen LogP contribution in [0.4, 0.5) is 0 Å². The van der Waals surface area contributed by atoms with Gasteiger partial charge < -0.3 is 15.2 Å². The molecular weight excluding hydrogens is 202 g/mol. The molecule has 90 valence electrons. The number of para-hydroxylation sites is 1. The molecule has 0 aliphatic heterocycles. The molecule has 16 heavy (non-hydrogen) atoms. The van der Waals surface area contributed by atoms with E-state index in [9.17, 15) is 0 Å².